The van der Waals surface area contributed by atoms with E-state index in [2.05, 4.69) is 25.8 Å². The van der Waals surface area contributed by atoms with E-state index < -0.39 is 0 Å². The molecule has 0 saturated carbocycles. The van der Waals surface area contributed by atoms with Gasteiger partial charge in [-0.05, 0) is 19.1 Å². The van der Waals surface area contributed by atoms with Gasteiger partial charge in [0.1, 0.15) is 0 Å². The van der Waals surface area contributed by atoms with E-state index in [1.165, 1.54) is 11.8 Å². The van der Waals surface area contributed by atoms with Crippen LogP contribution < -0.4 is 10.6 Å². The van der Waals surface area contributed by atoms with E-state index in [1.807, 2.05) is 30.7 Å². The highest BCUT2D eigenvalue weighted by molar-refractivity contribution is 7.99. The van der Waals surface area contributed by atoms with Gasteiger partial charge in [-0.1, -0.05) is 11.8 Å². The summed E-state index contributed by atoms with van der Waals surface area (Å²) in [6.45, 7) is 2.35. The first kappa shape index (κ1) is 16.9. The third-order valence-electron chi connectivity index (χ3n) is 2.93. The SMILES string of the molecule is CCNC(=O)CNC(=O)CSc1nnc(-c2ccncc2)n1C. The molecule has 0 aliphatic carbocycles. The Morgan fingerprint density at radius 1 is 1.17 bits per heavy atom. The molecule has 0 saturated heterocycles. The summed E-state index contributed by atoms with van der Waals surface area (Å²) in [6, 6.07) is 3.69. The Hall–Kier alpha value is -2.42. The Morgan fingerprint density at radius 3 is 2.61 bits per heavy atom. The van der Waals surface area contributed by atoms with Gasteiger partial charge in [-0.2, -0.15) is 0 Å². The van der Waals surface area contributed by atoms with Crippen LogP contribution in [0.1, 0.15) is 6.92 Å². The molecular formula is C14H18N6O2S. The Labute approximate surface area is 138 Å². The highest BCUT2D eigenvalue weighted by Gasteiger charge is 2.13. The Kier molecular flexibility index (Phi) is 6.10. The molecule has 2 N–H and O–H groups in total. The van der Waals surface area contributed by atoms with Gasteiger partial charge in [-0.25, -0.2) is 0 Å². The van der Waals surface area contributed by atoms with Gasteiger partial charge in [0.05, 0.1) is 12.3 Å². The predicted octanol–water partition coefficient (Wildman–Crippen LogP) is 0.221. The number of carbonyl (C=O) groups is 2. The number of rotatable bonds is 7. The predicted molar refractivity (Wildman–Crippen MR) is 86.7 cm³/mol. The molecule has 9 heteroatoms. The lowest BCUT2D eigenvalue weighted by atomic mass is 10.2. The summed E-state index contributed by atoms with van der Waals surface area (Å²) in [5.74, 6) is 0.443. The molecular weight excluding hydrogens is 316 g/mol. The van der Waals surface area contributed by atoms with E-state index in [4.69, 9.17) is 0 Å². The number of nitrogens with zero attached hydrogens (tertiary/aromatic N) is 4. The lowest BCUT2D eigenvalue weighted by Gasteiger charge is -2.05. The molecule has 2 aromatic heterocycles. The van der Waals surface area contributed by atoms with Crippen LogP contribution in [0.25, 0.3) is 11.4 Å². The van der Waals surface area contributed by atoms with Crippen molar-refractivity contribution in [2.75, 3.05) is 18.8 Å². The zero-order valence-corrected chi connectivity index (χ0v) is 13.8. The van der Waals surface area contributed by atoms with Crippen LogP contribution in [0.2, 0.25) is 0 Å². The molecule has 0 aliphatic heterocycles. The monoisotopic (exact) mass is 334 g/mol. The molecule has 23 heavy (non-hydrogen) atoms. The van der Waals surface area contributed by atoms with Crippen LogP contribution in [0.5, 0.6) is 0 Å². The van der Waals surface area contributed by atoms with Crippen LogP contribution in [0.15, 0.2) is 29.7 Å². The van der Waals surface area contributed by atoms with Gasteiger partial charge >= 0.3 is 0 Å². The summed E-state index contributed by atoms with van der Waals surface area (Å²) >= 11 is 1.27. The maximum absolute atomic E-state index is 11.7. The summed E-state index contributed by atoms with van der Waals surface area (Å²) in [5, 5.41) is 14.0. The van der Waals surface area contributed by atoms with Gasteiger partial charge in [-0.3, -0.25) is 14.6 Å². The van der Waals surface area contributed by atoms with Crippen LogP contribution >= 0.6 is 11.8 Å². The van der Waals surface area contributed by atoms with E-state index in [0.29, 0.717) is 17.5 Å². The molecule has 2 rings (SSSR count). The highest BCUT2D eigenvalue weighted by Crippen LogP contribution is 2.21. The maximum atomic E-state index is 11.7. The molecule has 2 heterocycles. The summed E-state index contributed by atoms with van der Waals surface area (Å²) in [4.78, 5) is 27.0. The molecule has 0 bridgehead atoms. The quantitative estimate of drug-likeness (QED) is 0.703. The van der Waals surface area contributed by atoms with Crippen LogP contribution in [-0.2, 0) is 16.6 Å². The largest absolute Gasteiger partial charge is 0.355 e. The first-order chi connectivity index (χ1) is 11.1. The number of likely N-dealkylation sites (N-methyl/N-ethyl adjacent to an activating group) is 1. The number of amides is 2. The second-order valence-corrected chi connectivity index (χ2v) is 5.56. The summed E-state index contributed by atoms with van der Waals surface area (Å²) in [5.41, 5.74) is 0.905. The molecule has 0 atom stereocenters. The molecule has 0 aliphatic rings. The average molecular weight is 334 g/mol. The first-order valence-corrected chi connectivity index (χ1v) is 8.06. The minimum Gasteiger partial charge on any atom is -0.355 e. The highest BCUT2D eigenvalue weighted by atomic mass is 32.2. The van der Waals surface area contributed by atoms with E-state index >= 15 is 0 Å². The zero-order valence-electron chi connectivity index (χ0n) is 12.9. The topological polar surface area (TPSA) is 102 Å². The minimum absolute atomic E-state index is 0.0195. The van der Waals surface area contributed by atoms with Crippen LogP contribution in [0.3, 0.4) is 0 Å². The average Bonchev–Trinajstić information content (AvgIpc) is 2.93. The van der Waals surface area contributed by atoms with E-state index in [1.54, 1.807) is 12.4 Å². The van der Waals surface area contributed by atoms with Gasteiger partial charge in [-0.15, -0.1) is 10.2 Å². The smallest absolute Gasteiger partial charge is 0.239 e. The van der Waals surface area contributed by atoms with Crippen LogP contribution in [-0.4, -0.2) is 50.4 Å². The number of carbonyl (C=O) groups excluding carboxylic acids is 2. The fourth-order valence-electron chi connectivity index (χ4n) is 1.81. The van der Waals surface area contributed by atoms with Crippen molar-refractivity contribution >= 4 is 23.6 Å². The summed E-state index contributed by atoms with van der Waals surface area (Å²) < 4.78 is 1.82. The van der Waals surface area contributed by atoms with Crippen molar-refractivity contribution in [1.29, 1.82) is 0 Å². The minimum atomic E-state index is -0.227. The third kappa shape index (κ3) is 4.78. The Bertz CT molecular complexity index is 673. The lowest BCUT2D eigenvalue weighted by Crippen LogP contribution is -2.37. The van der Waals surface area contributed by atoms with Crippen molar-refractivity contribution in [3.05, 3.63) is 24.5 Å². The van der Waals surface area contributed by atoms with Crippen molar-refractivity contribution < 1.29 is 9.59 Å². The molecule has 2 aromatic rings. The Balaban J connectivity index is 1.88. The van der Waals surface area contributed by atoms with E-state index in [0.717, 1.165) is 5.56 Å². The summed E-state index contributed by atoms with van der Waals surface area (Å²) in [6.07, 6.45) is 3.37. The van der Waals surface area contributed by atoms with Crippen molar-refractivity contribution in [3.63, 3.8) is 0 Å². The zero-order chi connectivity index (χ0) is 16.7. The Morgan fingerprint density at radius 2 is 1.91 bits per heavy atom. The number of hydrogen-bond donors (Lipinski definition) is 2. The van der Waals surface area contributed by atoms with Crippen molar-refractivity contribution in [2.45, 2.75) is 12.1 Å². The third-order valence-corrected chi connectivity index (χ3v) is 3.95. The van der Waals surface area contributed by atoms with E-state index in [-0.39, 0.29) is 24.1 Å². The van der Waals surface area contributed by atoms with Gasteiger partial charge in [0.25, 0.3) is 0 Å². The normalized spacial score (nSPS) is 10.3. The van der Waals surface area contributed by atoms with Gasteiger partial charge in [0.2, 0.25) is 11.8 Å². The number of nitrogens with one attached hydrogen (secondary N) is 2. The molecule has 0 radical (unpaired) electrons. The molecule has 0 fully saturated rings. The molecule has 2 amide bonds. The molecule has 122 valence electrons. The number of aromatic nitrogens is 4. The van der Waals surface area contributed by atoms with Crippen molar-refractivity contribution in [2.24, 2.45) is 7.05 Å². The van der Waals surface area contributed by atoms with Crippen LogP contribution in [0, 0.1) is 0 Å². The van der Waals surface area contributed by atoms with Gasteiger partial charge in [0, 0.05) is 31.5 Å². The van der Waals surface area contributed by atoms with Crippen molar-refractivity contribution in [3.8, 4) is 11.4 Å². The number of thioether (sulfide) groups is 1. The van der Waals surface area contributed by atoms with Gasteiger partial charge < -0.3 is 15.2 Å². The molecule has 0 unspecified atom stereocenters. The lowest BCUT2D eigenvalue weighted by molar-refractivity contribution is -0.124. The second kappa shape index (κ2) is 8.28. The van der Waals surface area contributed by atoms with Gasteiger partial charge in [0.15, 0.2) is 11.0 Å². The molecule has 8 nitrogen and oxygen atoms in total. The number of hydrogen-bond acceptors (Lipinski definition) is 6. The van der Waals surface area contributed by atoms with E-state index in [9.17, 15) is 9.59 Å². The fraction of sp³-hybridized carbons (Fsp3) is 0.357. The molecule has 0 aromatic carbocycles. The fourth-order valence-corrected chi connectivity index (χ4v) is 2.55. The van der Waals surface area contributed by atoms with Crippen molar-refractivity contribution in [1.82, 2.24) is 30.4 Å². The summed E-state index contributed by atoms with van der Waals surface area (Å²) in [7, 11) is 1.84. The maximum Gasteiger partial charge on any atom is 0.239 e. The molecule has 0 spiro atoms. The van der Waals surface area contributed by atoms with Crippen LogP contribution in [0.4, 0.5) is 0 Å². The standard InChI is InChI=1S/C14H18N6O2S/c1-3-16-11(21)8-17-12(22)9-23-14-19-18-13(20(14)2)10-4-6-15-7-5-10/h4-7H,3,8-9H2,1-2H3,(H,16,21)(H,17,22). The number of pyridine rings is 1. The second-order valence-electron chi connectivity index (χ2n) is 4.62. The first-order valence-electron chi connectivity index (χ1n) is 7.07.